The van der Waals surface area contributed by atoms with Crippen molar-refractivity contribution in [1.29, 1.82) is 0 Å². The highest BCUT2D eigenvalue weighted by molar-refractivity contribution is 5.93. The van der Waals surface area contributed by atoms with Gasteiger partial charge in [-0.05, 0) is 13.0 Å². The van der Waals surface area contributed by atoms with E-state index in [2.05, 4.69) is 17.9 Å². The summed E-state index contributed by atoms with van der Waals surface area (Å²) in [5.74, 6) is -0.196. The van der Waals surface area contributed by atoms with Crippen LogP contribution in [-0.2, 0) is 11.3 Å². The normalized spacial score (nSPS) is 11.4. The summed E-state index contributed by atoms with van der Waals surface area (Å²) >= 11 is 0. The van der Waals surface area contributed by atoms with Crippen molar-refractivity contribution in [2.24, 2.45) is 0 Å². The topological polar surface area (TPSA) is 87.0 Å². The number of aryl methyl sites for hydroxylation is 1. The van der Waals surface area contributed by atoms with Crippen LogP contribution in [0.4, 0.5) is 0 Å². The molecule has 0 saturated carbocycles. The molecule has 1 N–H and O–H groups in total. The number of pyridine rings is 1. The number of carboxylic acids is 1. The summed E-state index contributed by atoms with van der Waals surface area (Å²) in [4.78, 5) is 23.2. The van der Waals surface area contributed by atoms with Gasteiger partial charge >= 0.3 is 5.97 Å². The molecule has 1 aliphatic heterocycles. The van der Waals surface area contributed by atoms with Crippen molar-refractivity contribution >= 4 is 16.9 Å². The maximum Gasteiger partial charge on any atom is 0.341 e. The summed E-state index contributed by atoms with van der Waals surface area (Å²) in [6.07, 6.45) is 3.98. The molecule has 0 saturated heterocycles. The highest BCUT2D eigenvalue weighted by Gasteiger charge is 2.20. The van der Waals surface area contributed by atoms with Crippen LogP contribution in [0, 0.1) is 0 Å². The fourth-order valence-electron chi connectivity index (χ4n) is 2.26. The summed E-state index contributed by atoms with van der Waals surface area (Å²) in [6.45, 7) is 9.05. The predicted molar refractivity (Wildman–Crippen MR) is 88.4 cm³/mol. The number of hydrogen-bond acceptors (Lipinski definition) is 5. The second-order valence-corrected chi connectivity index (χ2v) is 4.66. The van der Waals surface area contributed by atoms with Crippen LogP contribution in [0.5, 0.6) is 11.5 Å². The average Bonchev–Trinajstić information content (AvgIpc) is 3.02. The molecular weight excluding hydrogens is 314 g/mol. The SMILES string of the molecule is C=COC=C.CCn1cc(C(=O)O)c(=O)c2cc3c(cc21)OCO3. The van der Waals surface area contributed by atoms with E-state index in [0.717, 1.165) is 0 Å². The Kier molecular flexibility index (Phi) is 5.26. The van der Waals surface area contributed by atoms with Crippen molar-refractivity contribution in [3.05, 3.63) is 59.8 Å². The lowest BCUT2D eigenvalue weighted by atomic mass is 10.1. The van der Waals surface area contributed by atoms with Crippen LogP contribution in [0.25, 0.3) is 10.9 Å². The van der Waals surface area contributed by atoms with E-state index in [1.807, 2.05) is 6.92 Å². The third kappa shape index (κ3) is 3.24. The summed E-state index contributed by atoms with van der Waals surface area (Å²) in [7, 11) is 0. The van der Waals surface area contributed by atoms with Gasteiger partial charge in [0, 0.05) is 18.8 Å². The molecule has 1 aliphatic rings. The highest BCUT2D eigenvalue weighted by atomic mass is 16.7. The first-order valence-electron chi connectivity index (χ1n) is 7.10. The molecule has 126 valence electrons. The van der Waals surface area contributed by atoms with Crippen LogP contribution in [0.1, 0.15) is 17.3 Å². The van der Waals surface area contributed by atoms with Gasteiger partial charge in [0.1, 0.15) is 5.56 Å². The lowest BCUT2D eigenvalue weighted by molar-refractivity contribution is 0.0695. The maximum absolute atomic E-state index is 12.1. The fraction of sp³-hybridized carbons (Fsp3) is 0.176. The largest absolute Gasteiger partial charge is 0.477 e. The standard InChI is InChI=1S/C13H11NO5.C4H6O/c1-2-14-5-8(13(16)17)12(15)7-3-10-11(4-9(7)14)19-6-18-10;1-3-5-4-2/h3-5H,2,6H2,1H3,(H,16,17);3-4H,1-2H2. The Morgan fingerprint density at radius 1 is 1.33 bits per heavy atom. The number of nitrogens with zero attached hydrogens (tertiary/aromatic N) is 1. The fourth-order valence-corrected chi connectivity index (χ4v) is 2.26. The Morgan fingerprint density at radius 3 is 2.46 bits per heavy atom. The van der Waals surface area contributed by atoms with E-state index in [-0.39, 0.29) is 12.4 Å². The van der Waals surface area contributed by atoms with E-state index in [1.54, 1.807) is 16.7 Å². The van der Waals surface area contributed by atoms with E-state index in [1.165, 1.54) is 18.7 Å². The summed E-state index contributed by atoms with van der Waals surface area (Å²) in [6, 6.07) is 3.24. The minimum absolute atomic E-state index is 0.109. The van der Waals surface area contributed by atoms with Crippen molar-refractivity contribution in [1.82, 2.24) is 4.57 Å². The zero-order valence-corrected chi connectivity index (χ0v) is 13.2. The molecule has 2 heterocycles. The number of benzene rings is 1. The molecule has 0 aliphatic carbocycles. The number of hydrogen-bond donors (Lipinski definition) is 1. The van der Waals surface area contributed by atoms with Gasteiger partial charge in [-0.3, -0.25) is 4.79 Å². The van der Waals surface area contributed by atoms with Gasteiger partial charge in [0.25, 0.3) is 0 Å². The lowest BCUT2D eigenvalue weighted by Crippen LogP contribution is -2.18. The second-order valence-electron chi connectivity index (χ2n) is 4.66. The zero-order chi connectivity index (χ0) is 17.7. The molecule has 0 atom stereocenters. The summed E-state index contributed by atoms with van der Waals surface area (Å²) in [5.41, 5.74) is -0.111. The first kappa shape index (κ1) is 17.1. The van der Waals surface area contributed by atoms with Gasteiger partial charge in [-0.25, -0.2) is 4.79 Å². The quantitative estimate of drug-likeness (QED) is 0.867. The van der Waals surface area contributed by atoms with Crippen molar-refractivity contribution in [2.45, 2.75) is 13.5 Å². The molecule has 0 radical (unpaired) electrons. The maximum atomic E-state index is 12.1. The third-order valence-electron chi connectivity index (χ3n) is 3.34. The minimum atomic E-state index is -1.23. The van der Waals surface area contributed by atoms with Gasteiger partial charge in [0.05, 0.1) is 23.4 Å². The lowest BCUT2D eigenvalue weighted by Gasteiger charge is -2.10. The van der Waals surface area contributed by atoms with Crippen molar-refractivity contribution in [2.75, 3.05) is 6.79 Å². The molecule has 24 heavy (non-hydrogen) atoms. The molecule has 7 heteroatoms. The molecule has 1 aromatic heterocycles. The van der Waals surface area contributed by atoms with Crippen LogP contribution in [-0.4, -0.2) is 22.4 Å². The molecule has 0 bridgehead atoms. The zero-order valence-electron chi connectivity index (χ0n) is 13.2. The van der Waals surface area contributed by atoms with Crippen LogP contribution in [0.2, 0.25) is 0 Å². The smallest absolute Gasteiger partial charge is 0.341 e. The van der Waals surface area contributed by atoms with Crippen molar-refractivity contribution in [3.8, 4) is 11.5 Å². The number of aromatic carboxylic acids is 1. The second kappa shape index (κ2) is 7.36. The average molecular weight is 331 g/mol. The van der Waals surface area contributed by atoms with Gasteiger partial charge in [-0.2, -0.15) is 0 Å². The van der Waals surface area contributed by atoms with E-state index < -0.39 is 11.4 Å². The molecule has 0 unspecified atom stereocenters. The Morgan fingerprint density at radius 2 is 1.96 bits per heavy atom. The van der Waals surface area contributed by atoms with Crippen LogP contribution < -0.4 is 14.9 Å². The van der Waals surface area contributed by atoms with E-state index >= 15 is 0 Å². The van der Waals surface area contributed by atoms with Crippen LogP contribution in [0.15, 0.2) is 48.8 Å². The molecule has 7 nitrogen and oxygen atoms in total. The monoisotopic (exact) mass is 331 g/mol. The predicted octanol–water partition coefficient (Wildman–Crippen LogP) is 2.74. The van der Waals surface area contributed by atoms with Gasteiger partial charge in [0.2, 0.25) is 12.2 Å². The van der Waals surface area contributed by atoms with Gasteiger partial charge in [-0.15, -0.1) is 0 Å². The Labute approximate surface area is 138 Å². The molecule has 0 spiro atoms. The number of fused-ring (bicyclic) bond motifs is 2. The molecule has 0 amide bonds. The molecule has 0 fully saturated rings. The van der Waals surface area contributed by atoms with Crippen molar-refractivity contribution < 1.29 is 24.1 Å². The molecular formula is C17H17NO6. The van der Waals surface area contributed by atoms with Crippen LogP contribution in [0.3, 0.4) is 0 Å². The van der Waals surface area contributed by atoms with E-state index in [0.29, 0.717) is 28.9 Å². The third-order valence-corrected chi connectivity index (χ3v) is 3.34. The number of ether oxygens (including phenoxy) is 3. The first-order chi connectivity index (χ1) is 11.5. The summed E-state index contributed by atoms with van der Waals surface area (Å²) in [5, 5.41) is 9.39. The first-order valence-corrected chi connectivity index (χ1v) is 7.10. The van der Waals surface area contributed by atoms with Crippen molar-refractivity contribution in [3.63, 3.8) is 0 Å². The number of aromatic nitrogens is 1. The molecule has 1 aromatic carbocycles. The van der Waals surface area contributed by atoms with Gasteiger partial charge in [0.15, 0.2) is 11.5 Å². The molecule has 2 aromatic rings. The van der Waals surface area contributed by atoms with Gasteiger partial charge in [-0.1, -0.05) is 13.2 Å². The van der Waals surface area contributed by atoms with Gasteiger partial charge < -0.3 is 23.9 Å². The molecule has 3 rings (SSSR count). The number of rotatable bonds is 4. The minimum Gasteiger partial charge on any atom is -0.477 e. The Bertz CT molecular complexity index is 846. The number of carboxylic acid groups (broad SMARTS) is 1. The highest BCUT2D eigenvalue weighted by Crippen LogP contribution is 2.35. The van der Waals surface area contributed by atoms with E-state index in [9.17, 15) is 9.59 Å². The summed E-state index contributed by atoms with van der Waals surface area (Å²) < 4.78 is 16.6. The Balaban J connectivity index is 0.000000368. The number of carbonyl (C=O) groups is 1. The van der Waals surface area contributed by atoms with E-state index in [4.69, 9.17) is 14.6 Å². The Hall–Kier alpha value is -3.22. The van der Waals surface area contributed by atoms with Crippen LogP contribution >= 0.6 is 0 Å².